The van der Waals surface area contributed by atoms with Crippen LogP contribution in [-0.4, -0.2) is 25.3 Å². The van der Waals surface area contributed by atoms with Crippen molar-refractivity contribution < 1.29 is 4.74 Å². The van der Waals surface area contributed by atoms with Crippen LogP contribution in [0, 0.1) is 3.57 Å². The summed E-state index contributed by atoms with van der Waals surface area (Å²) in [5.41, 5.74) is 11.7. The summed E-state index contributed by atoms with van der Waals surface area (Å²) in [5.74, 6) is 0. The van der Waals surface area contributed by atoms with Crippen LogP contribution >= 0.6 is 22.6 Å². The number of benzene rings is 1. The highest BCUT2D eigenvalue weighted by atomic mass is 127. The molecule has 3 N–H and O–H groups in total. The lowest BCUT2D eigenvalue weighted by Crippen LogP contribution is -2.35. The van der Waals surface area contributed by atoms with Gasteiger partial charge in [0.2, 0.25) is 0 Å². The van der Waals surface area contributed by atoms with Gasteiger partial charge in [-0.1, -0.05) is 6.07 Å². The number of nitrogens with two attached hydrogens (primary N) is 1. The molecule has 0 bridgehead atoms. The summed E-state index contributed by atoms with van der Waals surface area (Å²) in [4.78, 5) is 0. The second-order valence-electron chi connectivity index (χ2n) is 3.44. The Bertz CT molecular complexity index is 359. The monoisotopic (exact) mass is 319 g/mol. The number of hydrazine groups is 1. The highest BCUT2D eigenvalue weighted by Crippen LogP contribution is 2.34. The standard InChI is InChI=1S/C10H14IN3O/c1-15-6-5-14-10(12)9-7(11)3-2-4-8(9)13-14/h2-4,10,13H,5-6,12H2,1H3. The van der Waals surface area contributed by atoms with Gasteiger partial charge < -0.3 is 15.9 Å². The summed E-state index contributed by atoms with van der Waals surface area (Å²) < 4.78 is 6.24. The molecule has 1 aromatic carbocycles. The number of hydrogen-bond donors (Lipinski definition) is 2. The van der Waals surface area contributed by atoms with Crippen LogP contribution in [0.15, 0.2) is 18.2 Å². The molecule has 1 aromatic rings. The molecule has 82 valence electrons. The normalized spacial score (nSPS) is 20.1. The van der Waals surface area contributed by atoms with Gasteiger partial charge in [-0.25, -0.2) is 0 Å². The highest BCUT2D eigenvalue weighted by molar-refractivity contribution is 14.1. The maximum atomic E-state index is 6.14. The topological polar surface area (TPSA) is 50.5 Å². The van der Waals surface area contributed by atoms with E-state index in [-0.39, 0.29) is 6.17 Å². The number of anilines is 1. The van der Waals surface area contributed by atoms with Gasteiger partial charge in [-0.15, -0.1) is 0 Å². The van der Waals surface area contributed by atoms with Crippen molar-refractivity contribution in [2.75, 3.05) is 25.7 Å². The maximum Gasteiger partial charge on any atom is 0.104 e. The van der Waals surface area contributed by atoms with E-state index in [2.05, 4.69) is 34.1 Å². The van der Waals surface area contributed by atoms with Crippen LogP contribution in [0.25, 0.3) is 0 Å². The minimum Gasteiger partial charge on any atom is -0.383 e. The predicted molar refractivity (Wildman–Crippen MR) is 68.3 cm³/mol. The molecule has 0 radical (unpaired) electrons. The minimum absolute atomic E-state index is 0.0803. The lowest BCUT2D eigenvalue weighted by molar-refractivity contribution is 0.145. The molecule has 1 atom stereocenters. The molecule has 1 aliphatic rings. The number of hydrogen-bond acceptors (Lipinski definition) is 4. The first kappa shape index (κ1) is 11.1. The van der Waals surface area contributed by atoms with Gasteiger partial charge >= 0.3 is 0 Å². The van der Waals surface area contributed by atoms with E-state index < -0.39 is 0 Å². The molecule has 0 spiro atoms. The number of nitrogens with zero attached hydrogens (tertiary/aromatic N) is 1. The van der Waals surface area contributed by atoms with E-state index >= 15 is 0 Å². The zero-order valence-corrected chi connectivity index (χ0v) is 10.7. The van der Waals surface area contributed by atoms with Crippen LogP contribution in [0.2, 0.25) is 0 Å². The van der Waals surface area contributed by atoms with Gasteiger partial charge in [0, 0.05) is 22.8 Å². The molecule has 0 aliphatic carbocycles. The summed E-state index contributed by atoms with van der Waals surface area (Å²) in [6, 6.07) is 6.14. The van der Waals surface area contributed by atoms with Crippen molar-refractivity contribution in [1.82, 2.24) is 5.01 Å². The number of nitrogens with one attached hydrogen (secondary N) is 1. The molecule has 15 heavy (non-hydrogen) atoms. The van der Waals surface area contributed by atoms with E-state index in [9.17, 15) is 0 Å². The van der Waals surface area contributed by atoms with Crippen LogP contribution in [-0.2, 0) is 4.74 Å². The van der Waals surface area contributed by atoms with Crippen molar-refractivity contribution in [2.24, 2.45) is 5.73 Å². The molecule has 5 heteroatoms. The van der Waals surface area contributed by atoms with Crippen molar-refractivity contribution in [3.63, 3.8) is 0 Å². The molecule has 2 rings (SSSR count). The highest BCUT2D eigenvalue weighted by Gasteiger charge is 2.28. The number of rotatable bonds is 3. The second kappa shape index (κ2) is 4.65. The molecule has 0 saturated heterocycles. The number of ether oxygens (including phenoxy) is 1. The van der Waals surface area contributed by atoms with E-state index in [1.807, 2.05) is 17.1 Å². The molecule has 0 saturated carbocycles. The zero-order chi connectivity index (χ0) is 10.8. The van der Waals surface area contributed by atoms with Gasteiger partial charge in [0.1, 0.15) is 6.17 Å². The van der Waals surface area contributed by atoms with Crippen LogP contribution in [0.4, 0.5) is 5.69 Å². The Balaban J connectivity index is 2.18. The third-order valence-electron chi connectivity index (χ3n) is 2.48. The molecule has 1 unspecified atom stereocenters. The lowest BCUT2D eigenvalue weighted by Gasteiger charge is -2.20. The van der Waals surface area contributed by atoms with Crippen LogP contribution < -0.4 is 11.2 Å². The Labute approximate surface area is 103 Å². The zero-order valence-electron chi connectivity index (χ0n) is 8.53. The third kappa shape index (κ3) is 2.10. The van der Waals surface area contributed by atoms with Crippen LogP contribution in [0.1, 0.15) is 11.7 Å². The van der Waals surface area contributed by atoms with Gasteiger partial charge in [-0.05, 0) is 34.7 Å². The molecule has 0 aromatic heterocycles. The van der Waals surface area contributed by atoms with Gasteiger partial charge in [0.05, 0.1) is 12.3 Å². The summed E-state index contributed by atoms with van der Waals surface area (Å²) in [6.45, 7) is 1.45. The van der Waals surface area contributed by atoms with Gasteiger partial charge in [-0.2, -0.15) is 5.01 Å². The summed E-state index contributed by atoms with van der Waals surface area (Å²) in [6.07, 6.45) is -0.0803. The van der Waals surface area contributed by atoms with E-state index in [1.54, 1.807) is 7.11 Å². The van der Waals surface area contributed by atoms with Crippen molar-refractivity contribution in [3.8, 4) is 0 Å². The quantitative estimate of drug-likeness (QED) is 0.830. The fourth-order valence-electron chi connectivity index (χ4n) is 1.70. The van der Waals surface area contributed by atoms with Crippen molar-refractivity contribution in [3.05, 3.63) is 27.3 Å². The first-order chi connectivity index (χ1) is 7.24. The third-order valence-corrected chi connectivity index (χ3v) is 3.43. The summed E-state index contributed by atoms with van der Waals surface area (Å²) in [5, 5.41) is 2.00. The van der Waals surface area contributed by atoms with E-state index in [1.165, 1.54) is 9.13 Å². The molecule has 1 aliphatic heterocycles. The number of methoxy groups -OCH3 is 1. The van der Waals surface area contributed by atoms with E-state index in [0.29, 0.717) is 6.61 Å². The first-order valence-corrected chi connectivity index (χ1v) is 5.88. The summed E-state index contributed by atoms with van der Waals surface area (Å²) in [7, 11) is 1.69. The predicted octanol–water partition coefficient (Wildman–Crippen LogP) is 1.54. The van der Waals surface area contributed by atoms with Crippen molar-refractivity contribution in [1.29, 1.82) is 0 Å². The van der Waals surface area contributed by atoms with Gasteiger partial charge in [0.15, 0.2) is 0 Å². The minimum atomic E-state index is -0.0803. The Morgan fingerprint density at radius 3 is 3.07 bits per heavy atom. The van der Waals surface area contributed by atoms with Gasteiger partial charge in [-0.3, -0.25) is 0 Å². The van der Waals surface area contributed by atoms with Crippen molar-refractivity contribution in [2.45, 2.75) is 6.17 Å². The molecule has 1 heterocycles. The molecular weight excluding hydrogens is 305 g/mol. The van der Waals surface area contributed by atoms with Crippen molar-refractivity contribution >= 4 is 28.3 Å². The van der Waals surface area contributed by atoms with Crippen LogP contribution in [0.3, 0.4) is 0 Å². The summed E-state index contributed by atoms with van der Waals surface area (Å²) >= 11 is 2.31. The Morgan fingerprint density at radius 1 is 1.60 bits per heavy atom. The lowest BCUT2D eigenvalue weighted by atomic mass is 10.1. The Morgan fingerprint density at radius 2 is 2.40 bits per heavy atom. The average molecular weight is 319 g/mol. The van der Waals surface area contributed by atoms with E-state index in [0.717, 1.165) is 12.2 Å². The molecule has 0 fully saturated rings. The first-order valence-electron chi connectivity index (χ1n) is 4.80. The Hall–Kier alpha value is -0.370. The fraction of sp³-hybridized carbons (Fsp3) is 0.400. The van der Waals surface area contributed by atoms with Gasteiger partial charge in [0.25, 0.3) is 0 Å². The fourth-order valence-corrected chi connectivity index (χ4v) is 2.52. The molecular formula is C10H14IN3O. The number of fused-ring (bicyclic) bond motifs is 1. The Kier molecular flexibility index (Phi) is 3.45. The van der Waals surface area contributed by atoms with E-state index in [4.69, 9.17) is 10.5 Å². The smallest absolute Gasteiger partial charge is 0.104 e. The number of halogens is 1. The maximum absolute atomic E-state index is 6.14. The SMILES string of the molecule is COCCN1Nc2cccc(I)c2C1N. The largest absolute Gasteiger partial charge is 0.383 e. The average Bonchev–Trinajstić information content (AvgIpc) is 2.54. The molecule has 0 amide bonds. The molecule has 4 nitrogen and oxygen atoms in total. The van der Waals surface area contributed by atoms with Crippen LogP contribution in [0.5, 0.6) is 0 Å². The second-order valence-corrected chi connectivity index (χ2v) is 4.61.